The lowest BCUT2D eigenvalue weighted by atomic mass is 10.0. The molecule has 1 aliphatic carbocycles. The molecule has 0 saturated heterocycles. The van der Waals surface area contributed by atoms with Gasteiger partial charge in [0.1, 0.15) is 11.5 Å². The molecule has 7 nitrogen and oxygen atoms in total. The number of carbonyl (C=O) groups is 1. The average molecular weight is 398 g/mol. The van der Waals surface area contributed by atoms with Crippen molar-refractivity contribution in [1.29, 1.82) is 0 Å². The molecule has 0 radical (unpaired) electrons. The molecule has 146 valence electrons. The molecule has 2 aromatic heterocycles. The Morgan fingerprint density at radius 2 is 1.96 bits per heavy atom. The summed E-state index contributed by atoms with van der Waals surface area (Å²) >= 11 is 0. The zero-order valence-corrected chi connectivity index (χ0v) is 16.6. The van der Waals surface area contributed by atoms with Crippen LogP contribution in [0, 0.1) is 6.92 Å². The third kappa shape index (κ3) is 3.60. The highest BCUT2D eigenvalue weighted by atomic mass is 32.2. The maximum Gasteiger partial charge on any atom is 0.232 e. The van der Waals surface area contributed by atoms with Gasteiger partial charge in [0.25, 0.3) is 0 Å². The molecule has 1 amide bonds. The molecule has 2 N–H and O–H groups in total. The Morgan fingerprint density at radius 1 is 1.25 bits per heavy atom. The molecule has 4 rings (SSSR count). The van der Waals surface area contributed by atoms with Crippen molar-refractivity contribution in [2.45, 2.75) is 32.7 Å². The van der Waals surface area contributed by atoms with Gasteiger partial charge in [0.15, 0.2) is 0 Å². The summed E-state index contributed by atoms with van der Waals surface area (Å²) in [6.07, 6.45) is 2.82. The first-order valence-corrected chi connectivity index (χ1v) is 10.9. The number of pyridine rings is 1. The molecule has 0 bridgehead atoms. The van der Waals surface area contributed by atoms with Crippen LogP contribution in [-0.2, 0) is 14.8 Å². The normalized spacial score (nSPS) is 14.2. The first kappa shape index (κ1) is 18.5. The highest BCUT2D eigenvalue weighted by Gasteiger charge is 2.30. The average Bonchev–Trinajstić information content (AvgIpc) is 3.42. The number of fused-ring (bicyclic) bond motifs is 1. The molecule has 0 aliphatic heterocycles. The van der Waals surface area contributed by atoms with Crippen molar-refractivity contribution >= 4 is 39.0 Å². The molecule has 0 atom stereocenters. The van der Waals surface area contributed by atoms with E-state index in [9.17, 15) is 13.2 Å². The van der Waals surface area contributed by atoms with E-state index in [2.05, 4.69) is 14.7 Å². The number of nitrogens with one attached hydrogen (secondary N) is 2. The Balaban J connectivity index is 1.77. The second kappa shape index (κ2) is 6.94. The fourth-order valence-electron chi connectivity index (χ4n) is 3.24. The lowest BCUT2D eigenvalue weighted by Crippen LogP contribution is -2.24. The van der Waals surface area contributed by atoms with Crippen LogP contribution in [0.5, 0.6) is 0 Å². The molecule has 8 heteroatoms. The first-order chi connectivity index (χ1) is 13.4. The van der Waals surface area contributed by atoms with Crippen molar-refractivity contribution in [3.63, 3.8) is 0 Å². The number of hydrogen-bond donors (Lipinski definition) is 2. The van der Waals surface area contributed by atoms with Crippen molar-refractivity contribution < 1.29 is 13.2 Å². The van der Waals surface area contributed by atoms with E-state index in [1.54, 1.807) is 24.0 Å². The first-order valence-electron chi connectivity index (χ1n) is 9.25. The predicted octanol–water partition coefficient (Wildman–Crippen LogP) is 3.43. The standard InChI is InChI=1S/C20H22N4O3S/c1-3-28(26,27)23-15-6-4-14(5-7-15)17-11-19(24(12-25)16-8-9-16)22-20-18(17)10-13(2)21-20/h4-7,10-12,16,23H,3,8-9H2,1-2H3,(H,21,22). The molecule has 0 spiro atoms. The second-order valence-corrected chi connectivity index (χ2v) is 9.08. The van der Waals surface area contributed by atoms with Crippen molar-refractivity contribution in [3.8, 4) is 11.1 Å². The van der Waals surface area contributed by atoms with Crippen LogP contribution in [0.3, 0.4) is 0 Å². The minimum Gasteiger partial charge on any atom is -0.343 e. The van der Waals surface area contributed by atoms with Gasteiger partial charge in [-0.2, -0.15) is 0 Å². The van der Waals surface area contributed by atoms with E-state index in [4.69, 9.17) is 0 Å². The topological polar surface area (TPSA) is 95.2 Å². The molecule has 28 heavy (non-hydrogen) atoms. The molecule has 1 aliphatic rings. The van der Waals surface area contributed by atoms with Crippen molar-refractivity contribution in [2.24, 2.45) is 0 Å². The number of H-pyrrole nitrogens is 1. The van der Waals surface area contributed by atoms with Gasteiger partial charge in [-0.3, -0.25) is 14.4 Å². The number of anilines is 2. The number of amides is 1. The molecule has 1 fully saturated rings. The predicted molar refractivity (Wildman–Crippen MR) is 111 cm³/mol. The molecule has 0 unspecified atom stereocenters. The monoisotopic (exact) mass is 398 g/mol. The largest absolute Gasteiger partial charge is 0.343 e. The second-order valence-electron chi connectivity index (χ2n) is 7.07. The molecule has 1 saturated carbocycles. The molecular formula is C20H22N4O3S. The Hall–Kier alpha value is -2.87. The van der Waals surface area contributed by atoms with Gasteiger partial charge in [-0.1, -0.05) is 12.1 Å². The van der Waals surface area contributed by atoms with Gasteiger partial charge in [0.2, 0.25) is 16.4 Å². The van der Waals surface area contributed by atoms with Gasteiger partial charge in [-0.15, -0.1) is 0 Å². The molecule has 2 heterocycles. The van der Waals surface area contributed by atoms with Gasteiger partial charge < -0.3 is 4.98 Å². The fourth-order valence-corrected chi connectivity index (χ4v) is 3.88. The number of aromatic nitrogens is 2. The van der Waals surface area contributed by atoms with Crippen LogP contribution in [-0.4, -0.2) is 36.6 Å². The SMILES string of the molecule is CCS(=O)(=O)Nc1ccc(-c2cc(N(C=O)C3CC3)nc3[nH]c(C)cc23)cc1. The highest BCUT2D eigenvalue weighted by Crippen LogP contribution is 2.35. The molecule has 1 aromatic carbocycles. The number of carbonyl (C=O) groups excluding carboxylic acids is 1. The summed E-state index contributed by atoms with van der Waals surface area (Å²) in [5.41, 5.74) is 4.11. The number of aryl methyl sites for hydroxylation is 1. The van der Waals surface area contributed by atoms with E-state index < -0.39 is 10.0 Å². The summed E-state index contributed by atoms with van der Waals surface area (Å²) in [6, 6.07) is 11.4. The van der Waals surface area contributed by atoms with Crippen LogP contribution < -0.4 is 9.62 Å². The third-order valence-electron chi connectivity index (χ3n) is 4.89. The van der Waals surface area contributed by atoms with E-state index in [1.165, 1.54) is 0 Å². The summed E-state index contributed by atoms with van der Waals surface area (Å²) in [6.45, 7) is 3.56. The highest BCUT2D eigenvalue weighted by molar-refractivity contribution is 7.92. The fraction of sp³-hybridized carbons (Fsp3) is 0.300. The quantitative estimate of drug-likeness (QED) is 0.596. The Kier molecular flexibility index (Phi) is 4.58. The van der Waals surface area contributed by atoms with Gasteiger partial charge in [0, 0.05) is 22.8 Å². The number of benzene rings is 1. The van der Waals surface area contributed by atoms with Crippen LogP contribution in [0.2, 0.25) is 0 Å². The van der Waals surface area contributed by atoms with E-state index in [0.29, 0.717) is 11.5 Å². The van der Waals surface area contributed by atoms with E-state index in [0.717, 1.165) is 47.1 Å². The molecular weight excluding hydrogens is 376 g/mol. The number of sulfonamides is 1. The zero-order chi connectivity index (χ0) is 19.9. The third-order valence-corrected chi connectivity index (χ3v) is 6.20. The lowest BCUT2D eigenvalue weighted by Gasteiger charge is -2.17. The Labute approximate surface area is 163 Å². The summed E-state index contributed by atoms with van der Waals surface area (Å²) in [4.78, 5) is 21.2. The van der Waals surface area contributed by atoms with Gasteiger partial charge in [0.05, 0.1) is 5.75 Å². The Morgan fingerprint density at radius 3 is 2.57 bits per heavy atom. The van der Waals surface area contributed by atoms with E-state index in [-0.39, 0.29) is 11.8 Å². The van der Waals surface area contributed by atoms with Crippen LogP contribution in [0.4, 0.5) is 11.5 Å². The van der Waals surface area contributed by atoms with Gasteiger partial charge in [-0.05, 0) is 62.1 Å². The maximum atomic E-state index is 11.8. The number of hydrogen-bond acceptors (Lipinski definition) is 4. The number of nitrogens with zero attached hydrogens (tertiary/aromatic N) is 2. The summed E-state index contributed by atoms with van der Waals surface area (Å²) < 4.78 is 26.1. The van der Waals surface area contributed by atoms with Gasteiger partial charge >= 0.3 is 0 Å². The van der Waals surface area contributed by atoms with Crippen LogP contribution in [0.15, 0.2) is 36.4 Å². The summed E-state index contributed by atoms with van der Waals surface area (Å²) in [5, 5.41) is 0.963. The van der Waals surface area contributed by atoms with Crippen molar-refractivity contribution in [3.05, 3.63) is 42.1 Å². The van der Waals surface area contributed by atoms with Gasteiger partial charge in [-0.25, -0.2) is 13.4 Å². The van der Waals surface area contributed by atoms with E-state index >= 15 is 0 Å². The van der Waals surface area contributed by atoms with Crippen LogP contribution in [0.1, 0.15) is 25.5 Å². The maximum absolute atomic E-state index is 11.8. The number of rotatable bonds is 7. The minimum atomic E-state index is -3.32. The Bertz CT molecular complexity index is 1130. The number of aromatic amines is 1. The lowest BCUT2D eigenvalue weighted by molar-refractivity contribution is -0.107. The van der Waals surface area contributed by atoms with Crippen LogP contribution in [0.25, 0.3) is 22.2 Å². The van der Waals surface area contributed by atoms with Crippen molar-refractivity contribution in [1.82, 2.24) is 9.97 Å². The molecule has 3 aromatic rings. The summed E-state index contributed by atoms with van der Waals surface area (Å²) in [5.74, 6) is 0.645. The van der Waals surface area contributed by atoms with E-state index in [1.807, 2.05) is 31.2 Å². The minimum absolute atomic E-state index is 0.0222. The van der Waals surface area contributed by atoms with Crippen molar-refractivity contribution in [2.75, 3.05) is 15.4 Å². The smallest absolute Gasteiger partial charge is 0.232 e. The summed E-state index contributed by atoms with van der Waals surface area (Å²) in [7, 11) is -3.32. The zero-order valence-electron chi connectivity index (χ0n) is 15.8. The van der Waals surface area contributed by atoms with Crippen LogP contribution >= 0.6 is 0 Å².